The van der Waals surface area contributed by atoms with Crippen molar-refractivity contribution in [3.63, 3.8) is 0 Å². The molecule has 0 saturated heterocycles. The predicted octanol–water partition coefficient (Wildman–Crippen LogP) is 0.169. The Kier molecular flexibility index (Phi) is 5.21. The van der Waals surface area contributed by atoms with Crippen LogP contribution < -0.4 is 11.5 Å². The van der Waals surface area contributed by atoms with Crippen molar-refractivity contribution < 1.29 is 17.6 Å². The molecule has 0 bridgehead atoms. The predicted molar refractivity (Wildman–Crippen MR) is 72.5 cm³/mol. The zero-order valence-electron chi connectivity index (χ0n) is 11.3. The summed E-state index contributed by atoms with van der Waals surface area (Å²) < 4.78 is 39.6. The Morgan fingerprint density at radius 2 is 2.00 bits per heavy atom. The number of benzene rings is 1. The standard InChI is InChI=1S/C12H18FN3O3S/c1-8(2)16(7-12(15)17)20(18,19)11-5-3-4-10(13)9(11)6-14/h3-5,8H,6-7,14H2,1-2H3,(H2,15,17). The van der Waals surface area contributed by atoms with E-state index < -0.39 is 34.3 Å². The van der Waals surface area contributed by atoms with E-state index in [1.807, 2.05) is 0 Å². The lowest BCUT2D eigenvalue weighted by molar-refractivity contribution is -0.118. The Bertz CT molecular complexity index is 602. The summed E-state index contributed by atoms with van der Waals surface area (Å²) in [6.07, 6.45) is 0. The average molecular weight is 303 g/mol. The maximum Gasteiger partial charge on any atom is 0.244 e. The first-order valence-corrected chi connectivity index (χ1v) is 7.43. The number of hydrogen-bond donors (Lipinski definition) is 2. The molecule has 1 aromatic rings. The van der Waals surface area contributed by atoms with Crippen molar-refractivity contribution in [3.05, 3.63) is 29.6 Å². The summed E-state index contributed by atoms with van der Waals surface area (Å²) in [7, 11) is -4.05. The smallest absolute Gasteiger partial charge is 0.244 e. The lowest BCUT2D eigenvalue weighted by Gasteiger charge is -2.25. The molecule has 0 aliphatic carbocycles. The molecule has 1 rings (SSSR count). The van der Waals surface area contributed by atoms with Crippen molar-refractivity contribution in [1.82, 2.24) is 4.31 Å². The normalized spacial score (nSPS) is 12.1. The van der Waals surface area contributed by atoms with Gasteiger partial charge in [0.15, 0.2) is 0 Å². The third kappa shape index (κ3) is 3.33. The zero-order valence-corrected chi connectivity index (χ0v) is 12.2. The number of carbonyl (C=O) groups is 1. The lowest BCUT2D eigenvalue weighted by Crippen LogP contribution is -2.43. The van der Waals surface area contributed by atoms with Gasteiger partial charge < -0.3 is 11.5 Å². The molecule has 0 aliphatic rings. The van der Waals surface area contributed by atoms with Crippen LogP contribution in [0.2, 0.25) is 0 Å². The van der Waals surface area contributed by atoms with Crippen molar-refractivity contribution in [2.45, 2.75) is 31.3 Å². The Labute approximate surface area is 117 Å². The van der Waals surface area contributed by atoms with E-state index in [-0.39, 0.29) is 17.0 Å². The van der Waals surface area contributed by atoms with Crippen LogP contribution in [-0.2, 0) is 21.4 Å². The third-order valence-electron chi connectivity index (χ3n) is 2.75. The van der Waals surface area contributed by atoms with Crippen LogP contribution in [0.5, 0.6) is 0 Å². The SMILES string of the molecule is CC(C)N(CC(N)=O)S(=O)(=O)c1cccc(F)c1CN. The largest absolute Gasteiger partial charge is 0.369 e. The Hall–Kier alpha value is -1.51. The minimum atomic E-state index is -4.05. The molecule has 0 radical (unpaired) electrons. The van der Waals surface area contributed by atoms with Gasteiger partial charge >= 0.3 is 0 Å². The number of primary amides is 1. The summed E-state index contributed by atoms with van der Waals surface area (Å²) in [4.78, 5) is 10.8. The van der Waals surface area contributed by atoms with Gasteiger partial charge in [-0.1, -0.05) is 6.07 Å². The molecule has 20 heavy (non-hydrogen) atoms. The molecule has 6 nitrogen and oxygen atoms in total. The molecule has 0 atom stereocenters. The highest BCUT2D eigenvalue weighted by Crippen LogP contribution is 2.23. The number of nitrogens with zero attached hydrogens (tertiary/aromatic N) is 1. The molecule has 0 saturated carbocycles. The highest BCUT2D eigenvalue weighted by molar-refractivity contribution is 7.89. The second-order valence-electron chi connectivity index (χ2n) is 4.53. The Balaban J connectivity index is 3.41. The van der Waals surface area contributed by atoms with Gasteiger partial charge in [-0.2, -0.15) is 4.31 Å². The summed E-state index contributed by atoms with van der Waals surface area (Å²) >= 11 is 0. The average Bonchev–Trinajstić information content (AvgIpc) is 2.34. The molecule has 4 N–H and O–H groups in total. The fourth-order valence-corrected chi connectivity index (χ4v) is 3.65. The van der Waals surface area contributed by atoms with Crippen LogP contribution in [0, 0.1) is 5.82 Å². The van der Waals surface area contributed by atoms with E-state index >= 15 is 0 Å². The number of nitrogens with two attached hydrogens (primary N) is 2. The van der Waals surface area contributed by atoms with E-state index in [9.17, 15) is 17.6 Å². The van der Waals surface area contributed by atoms with Crippen molar-refractivity contribution >= 4 is 15.9 Å². The lowest BCUT2D eigenvalue weighted by atomic mass is 10.2. The number of sulfonamides is 1. The molecule has 0 spiro atoms. The minimum Gasteiger partial charge on any atom is -0.369 e. The van der Waals surface area contributed by atoms with E-state index in [2.05, 4.69) is 0 Å². The maximum absolute atomic E-state index is 13.7. The van der Waals surface area contributed by atoms with Crippen LogP contribution in [-0.4, -0.2) is 31.2 Å². The molecule has 0 aliphatic heterocycles. The molecule has 8 heteroatoms. The van der Waals surface area contributed by atoms with Crippen molar-refractivity contribution in [3.8, 4) is 0 Å². The first-order valence-electron chi connectivity index (χ1n) is 5.99. The van der Waals surface area contributed by atoms with Gasteiger partial charge in [0.1, 0.15) is 5.82 Å². The van der Waals surface area contributed by atoms with Gasteiger partial charge in [-0.3, -0.25) is 4.79 Å². The minimum absolute atomic E-state index is 0.109. The molecular formula is C12H18FN3O3S. The molecule has 1 amide bonds. The van der Waals surface area contributed by atoms with Crippen LogP contribution >= 0.6 is 0 Å². The van der Waals surface area contributed by atoms with Gasteiger partial charge in [0.2, 0.25) is 15.9 Å². The summed E-state index contributed by atoms with van der Waals surface area (Å²) in [5.41, 5.74) is 10.4. The molecule has 0 unspecified atom stereocenters. The van der Waals surface area contributed by atoms with Crippen molar-refractivity contribution in [1.29, 1.82) is 0 Å². The Morgan fingerprint density at radius 1 is 1.40 bits per heavy atom. The topological polar surface area (TPSA) is 106 Å². The third-order valence-corrected chi connectivity index (χ3v) is 4.86. The van der Waals surface area contributed by atoms with E-state index in [0.29, 0.717) is 0 Å². The zero-order chi connectivity index (χ0) is 15.5. The summed E-state index contributed by atoms with van der Waals surface area (Å²) in [5, 5.41) is 0. The molecule has 0 aromatic heterocycles. The van der Waals surface area contributed by atoms with Crippen LogP contribution in [0.1, 0.15) is 19.4 Å². The molecule has 0 fully saturated rings. The van der Waals surface area contributed by atoms with Crippen LogP contribution in [0.15, 0.2) is 23.1 Å². The monoisotopic (exact) mass is 303 g/mol. The fraction of sp³-hybridized carbons (Fsp3) is 0.417. The van der Waals surface area contributed by atoms with Crippen LogP contribution in [0.3, 0.4) is 0 Å². The highest BCUT2D eigenvalue weighted by Gasteiger charge is 2.30. The highest BCUT2D eigenvalue weighted by atomic mass is 32.2. The molecular weight excluding hydrogens is 285 g/mol. The number of hydrogen-bond acceptors (Lipinski definition) is 4. The van der Waals surface area contributed by atoms with Gasteiger partial charge in [-0.05, 0) is 26.0 Å². The van der Waals surface area contributed by atoms with Gasteiger partial charge in [0.05, 0.1) is 11.4 Å². The second kappa shape index (κ2) is 6.29. The number of carbonyl (C=O) groups excluding carboxylic acids is 1. The first kappa shape index (κ1) is 16.5. The molecule has 1 aromatic carbocycles. The van der Waals surface area contributed by atoms with E-state index in [0.717, 1.165) is 10.4 Å². The van der Waals surface area contributed by atoms with Crippen molar-refractivity contribution in [2.24, 2.45) is 11.5 Å². The summed E-state index contributed by atoms with van der Waals surface area (Å²) in [5.74, 6) is -1.48. The first-order chi connectivity index (χ1) is 9.21. The summed E-state index contributed by atoms with van der Waals surface area (Å²) in [6.45, 7) is 2.47. The van der Waals surface area contributed by atoms with Gasteiger partial charge in [-0.15, -0.1) is 0 Å². The summed E-state index contributed by atoms with van der Waals surface area (Å²) in [6, 6.07) is 3.18. The number of rotatable bonds is 6. The van der Waals surface area contributed by atoms with Gasteiger partial charge in [0.25, 0.3) is 0 Å². The van der Waals surface area contributed by atoms with E-state index in [1.165, 1.54) is 12.1 Å². The Morgan fingerprint density at radius 3 is 2.45 bits per heavy atom. The van der Waals surface area contributed by atoms with Crippen molar-refractivity contribution in [2.75, 3.05) is 6.54 Å². The molecule has 0 heterocycles. The maximum atomic E-state index is 13.7. The number of halogens is 1. The second-order valence-corrected chi connectivity index (χ2v) is 6.39. The fourth-order valence-electron chi connectivity index (χ4n) is 1.80. The van der Waals surface area contributed by atoms with Crippen LogP contribution in [0.4, 0.5) is 4.39 Å². The van der Waals surface area contributed by atoms with Crippen LogP contribution in [0.25, 0.3) is 0 Å². The quantitative estimate of drug-likeness (QED) is 0.781. The van der Waals surface area contributed by atoms with Gasteiger partial charge in [0, 0.05) is 18.2 Å². The number of amides is 1. The van der Waals surface area contributed by atoms with Gasteiger partial charge in [-0.25, -0.2) is 12.8 Å². The van der Waals surface area contributed by atoms with E-state index in [4.69, 9.17) is 11.5 Å². The molecule has 112 valence electrons. The van der Waals surface area contributed by atoms with E-state index in [1.54, 1.807) is 13.8 Å².